The summed E-state index contributed by atoms with van der Waals surface area (Å²) < 4.78 is 0. The average molecular weight is 179 g/mol. The summed E-state index contributed by atoms with van der Waals surface area (Å²) in [4.78, 5) is 6.71. The molecule has 2 heterocycles. The monoisotopic (exact) mass is 179 g/mol. The van der Waals surface area contributed by atoms with Crippen LogP contribution < -0.4 is 5.32 Å². The van der Waals surface area contributed by atoms with Crippen molar-refractivity contribution in [3.05, 3.63) is 11.9 Å². The lowest BCUT2D eigenvalue weighted by atomic mass is 10.0. The highest BCUT2D eigenvalue weighted by molar-refractivity contribution is 5.63. The molecule has 1 atom stereocenters. The Morgan fingerprint density at radius 3 is 2.92 bits per heavy atom. The molecule has 0 bridgehead atoms. The Kier molecular flexibility index (Phi) is 2.64. The van der Waals surface area contributed by atoms with Crippen LogP contribution >= 0.6 is 0 Å². The van der Waals surface area contributed by atoms with E-state index in [1.165, 1.54) is 5.70 Å². The summed E-state index contributed by atoms with van der Waals surface area (Å²) in [5.74, 6) is 0.606. The molecule has 2 rings (SSSR count). The number of aliphatic imine (C=N–C) groups is 1. The standard InChI is InChI=1S/C10H17N3/c1-9-6-10(8-12-7-9)13-4-2-11-3-5-13/h7-9,11H,2-6H2,1H3. The van der Waals surface area contributed by atoms with Crippen LogP contribution in [0.2, 0.25) is 0 Å². The van der Waals surface area contributed by atoms with Crippen molar-refractivity contribution in [1.29, 1.82) is 0 Å². The third-order valence-electron chi connectivity index (χ3n) is 2.62. The highest BCUT2D eigenvalue weighted by Crippen LogP contribution is 2.18. The maximum Gasteiger partial charge on any atom is 0.0455 e. The van der Waals surface area contributed by atoms with Crippen LogP contribution in [0.4, 0.5) is 0 Å². The van der Waals surface area contributed by atoms with Gasteiger partial charge in [-0.1, -0.05) is 6.92 Å². The average Bonchev–Trinajstić information content (AvgIpc) is 2.19. The van der Waals surface area contributed by atoms with Gasteiger partial charge in [0.1, 0.15) is 0 Å². The van der Waals surface area contributed by atoms with Crippen LogP contribution in [0.3, 0.4) is 0 Å². The number of piperazine rings is 1. The summed E-state index contributed by atoms with van der Waals surface area (Å²) in [7, 11) is 0. The lowest BCUT2D eigenvalue weighted by Crippen LogP contribution is -2.43. The van der Waals surface area contributed by atoms with Gasteiger partial charge in [-0.2, -0.15) is 0 Å². The van der Waals surface area contributed by atoms with Gasteiger partial charge in [0, 0.05) is 44.3 Å². The Labute approximate surface area is 79.5 Å². The van der Waals surface area contributed by atoms with Gasteiger partial charge in [-0.25, -0.2) is 0 Å². The number of rotatable bonds is 1. The smallest absolute Gasteiger partial charge is 0.0455 e. The predicted octanol–water partition coefficient (Wildman–Crippen LogP) is 0.844. The Hall–Kier alpha value is -0.830. The van der Waals surface area contributed by atoms with Gasteiger partial charge in [-0.15, -0.1) is 0 Å². The molecule has 0 saturated carbocycles. The van der Waals surface area contributed by atoms with Gasteiger partial charge in [0.25, 0.3) is 0 Å². The normalized spacial score (nSPS) is 28.8. The zero-order chi connectivity index (χ0) is 9.10. The molecule has 0 aromatic carbocycles. The van der Waals surface area contributed by atoms with E-state index < -0.39 is 0 Å². The molecular weight excluding hydrogens is 162 g/mol. The van der Waals surface area contributed by atoms with E-state index in [0.29, 0.717) is 5.92 Å². The van der Waals surface area contributed by atoms with Crippen molar-refractivity contribution < 1.29 is 0 Å². The van der Waals surface area contributed by atoms with Gasteiger partial charge in [0.05, 0.1) is 0 Å². The summed E-state index contributed by atoms with van der Waals surface area (Å²) in [6.07, 6.45) is 5.21. The molecule has 3 nitrogen and oxygen atoms in total. The zero-order valence-electron chi connectivity index (χ0n) is 8.16. The van der Waals surface area contributed by atoms with Crippen molar-refractivity contribution in [1.82, 2.24) is 10.2 Å². The van der Waals surface area contributed by atoms with E-state index in [2.05, 4.69) is 22.1 Å². The molecule has 0 radical (unpaired) electrons. The molecule has 0 spiro atoms. The molecule has 13 heavy (non-hydrogen) atoms. The second-order valence-corrected chi connectivity index (χ2v) is 3.84. The summed E-state index contributed by atoms with van der Waals surface area (Å²) >= 11 is 0. The quantitative estimate of drug-likeness (QED) is 0.646. The Balaban J connectivity index is 1.98. The minimum atomic E-state index is 0.606. The largest absolute Gasteiger partial charge is 0.371 e. The summed E-state index contributed by atoms with van der Waals surface area (Å²) in [6.45, 7) is 6.70. The molecule has 2 aliphatic heterocycles. The van der Waals surface area contributed by atoms with Crippen molar-refractivity contribution in [2.75, 3.05) is 26.2 Å². The third-order valence-corrected chi connectivity index (χ3v) is 2.62. The molecule has 0 aliphatic carbocycles. The molecule has 72 valence electrons. The molecular formula is C10H17N3. The van der Waals surface area contributed by atoms with E-state index in [0.717, 1.165) is 32.6 Å². The number of hydrogen-bond donors (Lipinski definition) is 1. The van der Waals surface area contributed by atoms with Crippen molar-refractivity contribution in [2.45, 2.75) is 13.3 Å². The second-order valence-electron chi connectivity index (χ2n) is 3.84. The van der Waals surface area contributed by atoms with Crippen molar-refractivity contribution >= 4 is 6.21 Å². The molecule has 0 amide bonds. The van der Waals surface area contributed by atoms with Crippen LogP contribution in [-0.2, 0) is 0 Å². The topological polar surface area (TPSA) is 27.6 Å². The molecule has 3 heteroatoms. The molecule has 2 aliphatic rings. The molecule has 1 N–H and O–H groups in total. The van der Waals surface area contributed by atoms with Crippen LogP contribution in [0.1, 0.15) is 13.3 Å². The number of hydrogen-bond acceptors (Lipinski definition) is 3. The summed E-state index contributed by atoms with van der Waals surface area (Å²) in [5, 5.41) is 3.36. The van der Waals surface area contributed by atoms with Crippen molar-refractivity contribution in [2.24, 2.45) is 10.9 Å². The molecule has 1 fully saturated rings. The number of allylic oxidation sites excluding steroid dienone is 1. The van der Waals surface area contributed by atoms with Crippen molar-refractivity contribution in [3.8, 4) is 0 Å². The lowest BCUT2D eigenvalue weighted by Gasteiger charge is -2.32. The van der Waals surface area contributed by atoms with Gasteiger partial charge < -0.3 is 10.2 Å². The lowest BCUT2D eigenvalue weighted by molar-refractivity contribution is 0.284. The first-order valence-corrected chi connectivity index (χ1v) is 5.04. The summed E-state index contributed by atoms with van der Waals surface area (Å²) in [5.41, 5.74) is 1.41. The van der Waals surface area contributed by atoms with Crippen LogP contribution in [-0.4, -0.2) is 37.3 Å². The van der Waals surface area contributed by atoms with Gasteiger partial charge >= 0.3 is 0 Å². The van der Waals surface area contributed by atoms with E-state index in [9.17, 15) is 0 Å². The first-order chi connectivity index (χ1) is 6.36. The first-order valence-electron chi connectivity index (χ1n) is 5.04. The minimum Gasteiger partial charge on any atom is -0.371 e. The maximum absolute atomic E-state index is 4.27. The van der Waals surface area contributed by atoms with E-state index in [-0.39, 0.29) is 0 Å². The van der Waals surface area contributed by atoms with E-state index in [4.69, 9.17) is 0 Å². The Morgan fingerprint density at radius 2 is 2.23 bits per heavy atom. The Morgan fingerprint density at radius 1 is 1.46 bits per heavy atom. The second kappa shape index (κ2) is 3.92. The molecule has 1 saturated heterocycles. The van der Waals surface area contributed by atoms with Gasteiger partial charge in [-0.3, -0.25) is 4.99 Å². The summed E-state index contributed by atoms with van der Waals surface area (Å²) in [6, 6.07) is 0. The molecule has 0 aromatic heterocycles. The maximum atomic E-state index is 4.27. The third kappa shape index (κ3) is 2.10. The van der Waals surface area contributed by atoms with E-state index in [1.807, 2.05) is 12.4 Å². The SMILES string of the molecule is CC1C=NC=C(N2CCNCC2)C1. The fourth-order valence-electron chi connectivity index (χ4n) is 1.87. The highest BCUT2D eigenvalue weighted by atomic mass is 15.2. The van der Waals surface area contributed by atoms with Crippen LogP contribution in [0.25, 0.3) is 0 Å². The van der Waals surface area contributed by atoms with E-state index >= 15 is 0 Å². The van der Waals surface area contributed by atoms with E-state index in [1.54, 1.807) is 0 Å². The van der Waals surface area contributed by atoms with Crippen LogP contribution in [0.15, 0.2) is 16.9 Å². The predicted molar refractivity (Wildman–Crippen MR) is 54.8 cm³/mol. The zero-order valence-corrected chi connectivity index (χ0v) is 8.16. The molecule has 0 aromatic rings. The number of nitrogens with zero attached hydrogens (tertiary/aromatic N) is 2. The highest BCUT2D eigenvalue weighted by Gasteiger charge is 2.16. The van der Waals surface area contributed by atoms with Crippen LogP contribution in [0.5, 0.6) is 0 Å². The fraction of sp³-hybridized carbons (Fsp3) is 0.700. The minimum absolute atomic E-state index is 0.606. The van der Waals surface area contributed by atoms with Crippen molar-refractivity contribution in [3.63, 3.8) is 0 Å². The number of nitrogens with one attached hydrogen (secondary N) is 1. The first kappa shape index (κ1) is 8.75. The van der Waals surface area contributed by atoms with Gasteiger partial charge in [0.15, 0.2) is 0 Å². The van der Waals surface area contributed by atoms with Gasteiger partial charge in [0.2, 0.25) is 0 Å². The molecule has 1 unspecified atom stereocenters. The van der Waals surface area contributed by atoms with Gasteiger partial charge in [-0.05, 0) is 12.3 Å². The fourth-order valence-corrected chi connectivity index (χ4v) is 1.87. The Bertz CT molecular complexity index is 226. The van der Waals surface area contributed by atoms with Crippen LogP contribution in [0, 0.1) is 5.92 Å².